The summed E-state index contributed by atoms with van der Waals surface area (Å²) >= 11 is 0. The first-order valence-corrected chi connectivity index (χ1v) is 13.1. The standard InChI is InChI=1S/C31H33N3O4/c1-23-10-9-15-26(20-23)28(35)33-18-16-31(17-19-33)34(29(36)25-13-7-4-8-14-25)27(22-38-31)30(37)32(2)21-24-11-5-3-6-12-24/h3-15,20,27H,16-19,21-22H2,1-2H3. The summed E-state index contributed by atoms with van der Waals surface area (Å²) in [4.78, 5) is 45.9. The van der Waals surface area contributed by atoms with Crippen molar-refractivity contribution in [2.75, 3.05) is 26.7 Å². The first-order valence-electron chi connectivity index (χ1n) is 13.1. The third kappa shape index (κ3) is 5.07. The van der Waals surface area contributed by atoms with Gasteiger partial charge in [-0.15, -0.1) is 0 Å². The molecule has 0 saturated carbocycles. The van der Waals surface area contributed by atoms with E-state index in [0.29, 0.717) is 43.6 Å². The molecular formula is C31H33N3O4. The van der Waals surface area contributed by atoms with Gasteiger partial charge in [0.2, 0.25) is 5.91 Å². The van der Waals surface area contributed by atoms with E-state index in [-0.39, 0.29) is 24.3 Å². The van der Waals surface area contributed by atoms with Crippen LogP contribution in [0.4, 0.5) is 0 Å². The minimum atomic E-state index is -0.940. The lowest BCUT2D eigenvalue weighted by Gasteiger charge is -2.44. The predicted octanol–water partition coefficient (Wildman–Crippen LogP) is 4.13. The molecule has 7 heteroatoms. The lowest BCUT2D eigenvalue weighted by molar-refractivity contribution is -0.137. The van der Waals surface area contributed by atoms with E-state index in [1.807, 2.05) is 84.6 Å². The Balaban J connectivity index is 1.38. The molecule has 0 radical (unpaired) electrons. The van der Waals surface area contributed by atoms with Crippen molar-refractivity contribution in [3.63, 3.8) is 0 Å². The van der Waals surface area contributed by atoms with Crippen LogP contribution in [0.1, 0.15) is 44.7 Å². The first kappa shape index (κ1) is 25.7. The van der Waals surface area contributed by atoms with Crippen LogP contribution in [0.5, 0.6) is 0 Å². The van der Waals surface area contributed by atoms with Crippen LogP contribution in [0.25, 0.3) is 0 Å². The van der Waals surface area contributed by atoms with Gasteiger partial charge < -0.3 is 14.5 Å². The fourth-order valence-corrected chi connectivity index (χ4v) is 5.48. The quantitative estimate of drug-likeness (QED) is 0.517. The second-order valence-electron chi connectivity index (χ2n) is 10.2. The second kappa shape index (κ2) is 10.8. The average molecular weight is 512 g/mol. The number of likely N-dealkylation sites (tertiary alicyclic amines) is 1. The van der Waals surface area contributed by atoms with Crippen molar-refractivity contribution in [3.8, 4) is 0 Å². The number of likely N-dealkylation sites (N-methyl/N-ethyl adjacent to an activating group) is 1. The number of carbonyl (C=O) groups excluding carboxylic acids is 3. The summed E-state index contributed by atoms with van der Waals surface area (Å²) in [6.07, 6.45) is 0.880. The van der Waals surface area contributed by atoms with Crippen molar-refractivity contribution in [1.82, 2.24) is 14.7 Å². The van der Waals surface area contributed by atoms with Crippen molar-refractivity contribution < 1.29 is 19.1 Å². The van der Waals surface area contributed by atoms with Crippen molar-refractivity contribution >= 4 is 17.7 Å². The molecule has 2 fully saturated rings. The van der Waals surface area contributed by atoms with E-state index in [2.05, 4.69) is 0 Å². The molecule has 3 aromatic carbocycles. The van der Waals surface area contributed by atoms with Gasteiger partial charge in [0.05, 0.1) is 6.61 Å². The van der Waals surface area contributed by atoms with Crippen LogP contribution < -0.4 is 0 Å². The van der Waals surface area contributed by atoms with Crippen LogP contribution in [0, 0.1) is 6.92 Å². The number of ether oxygens (including phenoxy) is 1. The third-order valence-electron chi connectivity index (χ3n) is 7.52. The van der Waals surface area contributed by atoms with Crippen molar-refractivity contribution in [3.05, 3.63) is 107 Å². The van der Waals surface area contributed by atoms with Gasteiger partial charge in [0.25, 0.3) is 11.8 Å². The summed E-state index contributed by atoms with van der Waals surface area (Å²) in [7, 11) is 1.76. The van der Waals surface area contributed by atoms with Crippen LogP contribution in [0.3, 0.4) is 0 Å². The Kier molecular flexibility index (Phi) is 7.29. The topological polar surface area (TPSA) is 70.2 Å². The Morgan fingerprint density at radius 3 is 2.16 bits per heavy atom. The van der Waals surface area contributed by atoms with Crippen LogP contribution in [0.2, 0.25) is 0 Å². The van der Waals surface area contributed by atoms with Crippen molar-refractivity contribution in [2.45, 2.75) is 38.1 Å². The Hall–Kier alpha value is -3.97. The number of nitrogens with zero attached hydrogens (tertiary/aromatic N) is 3. The second-order valence-corrected chi connectivity index (χ2v) is 10.2. The normalized spacial score (nSPS) is 18.4. The van der Waals surface area contributed by atoms with Gasteiger partial charge in [-0.3, -0.25) is 19.3 Å². The molecule has 7 nitrogen and oxygen atoms in total. The third-order valence-corrected chi connectivity index (χ3v) is 7.52. The van der Waals surface area contributed by atoms with Gasteiger partial charge in [-0.1, -0.05) is 66.2 Å². The summed E-state index contributed by atoms with van der Waals surface area (Å²) in [5, 5.41) is 0. The van der Waals surface area contributed by atoms with Crippen LogP contribution >= 0.6 is 0 Å². The molecule has 2 heterocycles. The Morgan fingerprint density at radius 2 is 1.50 bits per heavy atom. The maximum atomic E-state index is 13.9. The molecule has 1 atom stereocenters. The highest BCUT2D eigenvalue weighted by Crippen LogP contribution is 2.39. The smallest absolute Gasteiger partial charge is 0.256 e. The Bertz CT molecular complexity index is 1300. The molecule has 3 aromatic rings. The minimum absolute atomic E-state index is 0.0299. The molecule has 3 amide bonds. The highest BCUT2D eigenvalue weighted by atomic mass is 16.5. The highest BCUT2D eigenvalue weighted by Gasteiger charge is 2.54. The van der Waals surface area contributed by atoms with Crippen LogP contribution in [0.15, 0.2) is 84.9 Å². The molecule has 0 bridgehead atoms. The van der Waals surface area contributed by atoms with Gasteiger partial charge in [0.15, 0.2) is 0 Å². The van der Waals surface area contributed by atoms with E-state index < -0.39 is 11.8 Å². The van der Waals surface area contributed by atoms with E-state index in [4.69, 9.17) is 4.74 Å². The summed E-state index contributed by atoms with van der Waals surface area (Å²) in [6.45, 7) is 3.41. The van der Waals surface area contributed by atoms with E-state index in [0.717, 1.165) is 11.1 Å². The average Bonchev–Trinajstić information content (AvgIpc) is 3.31. The van der Waals surface area contributed by atoms with Gasteiger partial charge in [-0.2, -0.15) is 0 Å². The number of hydrogen-bond acceptors (Lipinski definition) is 4. The van der Waals surface area contributed by atoms with E-state index in [1.165, 1.54) is 0 Å². The van der Waals surface area contributed by atoms with Crippen molar-refractivity contribution in [2.24, 2.45) is 0 Å². The Morgan fingerprint density at radius 1 is 0.868 bits per heavy atom. The van der Waals surface area contributed by atoms with Gasteiger partial charge in [-0.05, 0) is 36.8 Å². The molecule has 2 saturated heterocycles. The highest BCUT2D eigenvalue weighted by molar-refractivity contribution is 5.98. The fourth-order valence-electron chi connectivity index (χ4n) is 5.48. The number of benzene rings is 3. The maximum absolute atomic E-state index is 13.9. The van der Waals surface area contributed by atoms with Crippen LogP contribution in [-0.4, -0.2) is 70.9 Å². The van der Waals surface area contributed by atoms with Gasteiger partial charge in [0.1, 0.15) is 11.8 Å². The summed E-state index contributed by atoms with van der Waals surface area (Å²) < 4.78 is 6.34. The largest absolute Gasteiger partial charge is 0.353 e. The molecule has 5 rings (SSSR count). The summed E-state index contributed by atoms with van der Waals surface area (Å²) in [6, 6.07) is 25.6. The molecule has 0 aliphatic carbocycles. The number of piperidine rings is 1. The number of hydrogen-bond donors (Lipinski definition) is 0. The van der Waals surface area contributed by atoms with Crippen molar-refractivity contribution in [1.29, 1.82) is 0 Å². The monoisotopic (exact) mass is 511 g/mol. The number of carbonyl (C=O) groups is 3. The minimum Gasteiger partial charge on any atom is -0.353 e. The lowest BCUT2D eigenvalue weighted by Crippen LogP contribution is -2.59. The van der Waals surface area contributed by atoms with Gasteiger partial charge in [0, 0.05) is 50.7 Å². The first-order chi connectivity index (χ1) is 18.4. The number of amides is 3. The molecule has 196 valence electrons. The van der Waals surface area contributed by atoms with Gasteiger partial charge >= 0.3 is 0 Å². The molecule has 1 spiro atoms. The molecule has 38 heavy (non-hydrogen) atoms. The van der Waals surface area contributed by atoms with Crippen LogP contribution in [-0.2, 0) is 16.1 Å². The van der Waals surface area contributed by atoms with Gasteiger partial charge in [-0.25, -0.2) is 0 Å². The zero-order valence-electron chi connectivity index (χ0n) is 21.9. The summed E-state index contributed by atoms with van der Waals surface area (Å²) in [5.41, 5.74) is 2.27. The number of aryl methyl sites for hydroxylation is 1. The maximum Gasteiger partial charge on any atom is 0.256 e. The molecule has 0 aromatic heterocycles. The molecule has 1 unspecified atom stereocenters. The van der Waals surface area contributed by atoms with E-state index in [9.17, 15) is 14.4 Å². The summed E-state index contributed by atoms with van der Waals surface area (Å²) in [5.74, 6) is -0.418. The SMILES string of the molecule is Cc1cccc(C(=O)N2CCC3(CC2)OCC(C(=O)N(C)Cc2ccccc2)N3C(=O)c2ccccc2)c1. The zero-order valence-corrected chi connectivity index (χ0v) is 21.9. The lowest BCUT2D eigenvalue weighted by atomic mass is 9.95. The number of rotatable bonds is 5. The molecule has 0 N–H and O–H groups in total. The molecule has 2 aliphatic rings. The van der Waals surface area contributed by atoms with E-state index >= 15 is 0 Å². The van der Waals surface area contributed by atoms with E-state index in [1.54, 1.807) is 29.0 Å². The zero-order chi connectivity index (χ0) is 26.7. The fraction of sp³-hybridized carbons (Fsp3) is 0.323. The molecular weight excluding hydrogens is 478 g/mol. The predicted molar refractivity (Wildman–Crippen MR) is 144 cm³/mol. The Labute approximate surface area is 223 Å². The molecule has 2 aliphatic heterocycles.